The minimum absolute atomic E-state index is 0.377. The number of pyridine rings is 1. The van der Waals surface area contributed by atoms with Crippen LogP contribution in [0.2, 0.25) is 0 Å². The van der Waals surface area contributed by atoms with Gasteiger partial charge in [0, 0.05) is 4.88 Å². The second kappa shape index (κ2) is 4.21. The molecule has 0 radical (unpaired) electrons. The summed E-state index contributed by atoms with van der Waals surface area (Å²) in [4.78, 5) is 15.2. The van der Waals surface area contributed by atoms with Gasteiger partial charge in [0.25, 0.3) is 0 Å². The van der Waals surface area contributed by atoms with Crippen LogP contribution in [0.4, 0.5) is 10.2 Å². The monoisotopic (exact) mass is 286 g/mol. The third-order valence-electron chi connectivity index (χ3n) is 3.55. The summed E-state index contributed by atoms with van der Waals surface area (Å²) in [5.41, 5.74) is 7.94. The van der Waals surface area contributed by atoms with E-state index in [0.717, 1.165) is 29.3 Å². The quantitative estimate of drug-likeness (QED) is 0.747. The number of nitrogens with two attached hydrogens (primary N) is 1. The highest BCUT2D eigenvalue weighted by molar-refractivity contribution is 7.19. The minimum Gasteiger partial charge on any atom is -0.383 e. The maximum atomic E-state index is 12.9. The van der Waals surface area contributed by atoms with Crippen molar-refractivity contribution in [3.8, 4) is 11.5 Å². The van der Waals surface area contributed by atoms with Crippen LogP contribution in [-0.2, 0) is 12.8 Å². The first-order valence-corrected chi connectivity index (χ1v) is 7.24. The molecule has 0 fully saturated rings. The normalized spacial score (nSPS) is 13.8. The molecule has 3 aromatic heterocycles. The smallest absolute Gasteiger partial charge is 0.181 e. The molecule has 0 atom stereocenters. The summed E-state index contributed by atoms with van der Waals surface area (Å²) in [6, 6.07) is 2.91. The van der Waals surface area contributed by atoms with Crippen LogP contribution in [0.1, 0.15) is 16.9 Å². The number of halogens is 1. The maximum Gasteiger partial charge on any atom is 0.181 e. The number of thiophene rings is 1. The molecule has 3 aromatic rings. The Bertz CT molecular complexity index is 810. The second-order valence-electron chi connectivity index (χ2n) is 4.83. The molecule has 3 heterocycles. The molecule has 1 aliphatic carbocycles. The molecule has 2 N–H and O–H groups in total. The Balaban J connectivity index is 1.92. The van der Waals surface area contributed by atoms with Crippen molar-refractivity contribution in [1.29, 1.82) is 0 Å². The zero-order chi connectivity index (χ0) is 13.7. The van der Waals surface area contributed by atoms with Gasteiger partial charge in [-0.15, -0.1) is 11.3 Å². The Morgan fingerprint density at radius 1 is 1.20 bits per heavy atom. The molecule has 1 aliphatic rings. The van der Waals surface area contributed by atoms with Crippen LogP contribution in [-0.4, -0.2) is 15.0 Å². The van der Waals surface area contributed by atoms with E-state index in [9.17, 15) is 4.39 Å². The maximum absolute atomic E-state index is 12.9. The lowest BCUT2D eigenvalue weighted by molar-refractivity contribution is 0.621. The molecule has 100 valence electrons. The third kappa shape index (κ3) is 1.68. The van der Waals surface area contributed by atoms with Gasteiger partial charge in [-0.3, -0.25) is 0 Å². The lowest BCUT2D eigenvalue weighted by Gasteiger charge is -2.03. The van der Waals surface area contributed by atoms with Crippen LogP contribution in [0, 0.1) is 5.82 Å². The summed E-state index contributed by atoms with van der Waals surface area (Å²) in [6.07, 6.45) is 4.49. The topological polar surface area (TPSA) is 64.7 Å². The van der Waals surface area contributed by atoms with Crippen LogP contribution in [0.3, 0.4) is 0 Å². The van der Waals surface area contributed by atoms with E-state index in [1.807, 2.05) is 0 Å². The fourth-order valence-electron chi connectivity index (χ4n) is 2.65. The van der Waals surface area contributed by atoms with Gasteiger partial charge in [0.2, 0.25) is 0 Å². The molecule has 0 amide bonds. The molecule has 0 saturated heterocycles. The van der Waals surface area contributed by atoms with Gasteiger partial charge in [-0.05, 0) is 37.0 Å². The highest BCUT2D eigenvalue weighted by Crippen LogP contribution is 2.39. The summed E-state index contributed by atoms with van der Waals surface area (Å²) >= 11 is 1.68. The molecular weight excluding hydrogens is 275 g/mol. The van der Waals surface area contributed by atoms with Crippen molar-refractivity contribution in [1.82, 2.24) is 15.0 Å². The number of fused-ring (bicyclic) bond motifs is 3. The molecule has 0 unspecified atom stereocenters. The first kappa shape index (κ1) is 11.7. The average Bonchev–Trinajstić information content (AvgIpc) is 2.99. The van der Waals surface area contributed by atoms with Crippen LogP contribution in [0.15, 0.2) is 18.3 Å². The number of nitrogen functional groups attached to an aromatic ring is 1. The van der Waals surface area contributed by atoms with Crippen molar-refractivity contribution in [3.63, 3.8) is 0 Å². The van der Waals surface area contributed by atoms with Crippen molar-refractivity contribution in [2.45, 2.75) is 19.3 Å². The van der Waals surface area contributed by atoms with E-state index in [1.165, 1.54) is 22.9 Å². The summed E-state index contributed by atoms with van der Waals surface area (Å²) in [6.45, 7) is 0. The van der Waals surface area contributed by atoms with Gasteiger partial charge in [0.15, 0.2) is 5.82 Å². The summed E-state index contributed by atoms with van der Waals surface area (Å²) < 4.78 is 12.9. The lowest BCUT2D eigenvalue weighted by atomic mass is 10.2. The van der Waals surface area contributed by atoms with Gasteiger partial charge in [-0.1, -0.05) is 0 Å². The highest BCUT2D eigenvalue weighted by Gasteiger charge is 2.21. The average molecular weight is 286 g/mol. The molecule has 0 bridgehead atoms. The Morgan fingerprint density at radius 2 is 2.10 bits per heavy atom. The fraction of sp³-hybridized carbons (Fsp3) is 0.214. The Kier molecular flexibility index (Phi) is 2.47. The van der Waals surface area contributed by atoms with E-state index in [0.29, 0.717) is 17.3 Å². The molecular formula is C14H11FN4S. The number of aryl methyl sites for hydroxylation is 2. The first-order chi connectivity index (χ1) is 9.72. The summed E-state index contributed by atoms with van der Waals surface area (Å²) in [5, 5.41) is 0.994. The predicted molar refractivity (Wildman–Crippen MR) is 77.0 cm³/mol. The molecule has 0 aromatic carbocycles. The van der Waals surface area contributed by atoms with Crippen molar-refractivity contribution >= 4 is 27.4 Å². The highest BCUT2D eigenvalue weighted by atomic mass is 32.1. The van der Waals surface area contributed by atoms with Gasteiger partial charge in [-0.2, -0.15) is 0 Å². The van der Waals surface area contributed by atoms with Gasteiger partial charge in [0.1, 0.15) is 22.2 Å². The van der Waals surface area contributed by atoms with Crippen molar-refractivity contribution in [2.24, 2.45) is 0 Å². The molecule has 0 spiro atoms. The number of rotatable bonds is 1. The van der Waals surface area contributed by atoms with Gasteiger partial charge in [-0.25, -0.2) is 19.3 Å². The zero-order valence-corrected chi connectivity index (χ0v) is 11.4. The summed E-state index contributed by atoms with van der Waals surface area (Å²) in [5.74, 6) is 0.573. The van der Waals surface area contributed by atoms with E-state index in [2.05, 4.69) is 15.0 Å². The van der Waals surface area contributed by atoms with E-state index in [-0.39, 0.29) is 5.82 Å². The Hall–Kier alpha value is -2.08. The molecule has 4 rings (SSSR count). The van der Waals surface area contributed by atoms with Crippen molar-refractivity contribution in [3.05, 3.63) is 34.6 Å². The van der Waals surface area contributed by atoms with Crippen LogP contribution in [0.5, 0.6) is 0 Å². The number of hydrogen-bond acceptors (Lipinski definition) is 5. The van der Waals surface area contributed by atoms with E-state index < -0.39 is 0 Å². The molecule has 6 heteroatoms. The third-order valence-corrected chi connectivity index (χ3v) is 4.73. The van der Waals surface area contributed by atoms with Crippen LogP contribution >= 0.6 is 11.3 Å². The molecule has 0 aliphatic heterocycles. The predicted octanol–water partition coefficient (Wildman–Crippen LogP) is 2.96. The van der Waals surface area contributed by atoms with Crippen LogP contribution in [0.25, 0.3) is 21.7 Å². The van der Waals surface area contributed by atoms with Crippen molar-refractivity contribution < 1.29 is 4.39 Å². The molecule has 0 saturated carbocycles. The van der Waals surface area contributed by atoms with E-state index in [1.54, 1.807) is 17.4 Å². The molecule has 20 heavy (non-hydrogen) atoms. The van der Waals surface area contributed by atoms with Crippen LogP contribution < -0.4 is 5.73 Å². The lowest BCUT2D eigenvalue weighted by Crippen LogP contribution is -1.98. The zero-order valence-electron chi connectivity index (χ0n) is 10.6. The molecule has 4 nitrogen and oxygen atoms in total. The van der Waals surface area contributed by atoms with Gasteiger partial charge >= 0.3 is 0 Å². The SMILES string of the molecule is Nc1nc(-c2ccc(F)cn2)nc2sc3c(c12)CCC3. The summed E-state index contributed by atoms with van der Waals surface area (Å²) in [7, 11) is 0. The van der Waals surface area contributed by atoms with Gasteiger partial charge < -0.3 is 5.73 Å². The Morgan fingerprint density at radius 3 is 2.90 bits per heavy atom. The second-order valence-corrected chi connectivity index (χ2v) is 5.92. The van der Waals surface area contributed by atoms with Gasteiger partial charge in [0.05, 0.1) is 11.6 Å². The minimum atomic E-state index is -0.377. The Labute approximate surface area is 118 Å². The number of aromatic nitrogens is 3. The largest absolute Gasteiger partial charge is 0.383 e. The van der Waals surface area contributed by atoms with Crippen molar-refractivity contribution in [2.75, 3.05) is 5.73 Å². The van der Waals surface area contributed by atoms with E-state index >= 15 is 0 Å². The number of hydrogen-bond donors (Lipinski definition) is 1. The first-order valence-electron chi connectivity index (χ1n) is 6.42. The standard InChI is InChI=1S/C14H11FN4S/c15-7-4-5-9(17-6-7)13-18-12(16)11-8-2-1-3-10(8)20-14(11)19-13/h4-6H,1-3H2,(H2,16,18,19). The fourth-order valence-corrected chi connectivity index (χ4v) is 3.92. The number of nitrogens with zero attached hydrogens (tertiary/aromatic N) is 3. The number of anilines is 1. The van der Waals surface area contributed by atoms with E-state index in [4.69, 9.17) is 5.73 Å².